The molecule has 3 aliphatic heterocycles. The van der Waals surface area contributed by atoms with Gasteiger partial charge >= 0.3 is 29.8 Å². The molecule has 1 unspecified atom stereocenters. The lowest BCUT2D eigenvalue weighted by Crippen LogP contribution is -2.63. The van der Waals surface area contributed by atoms with Crippen molar-refractivity contribution in [2.24, 2.45) is 0 Å². The van der Waals surface area contributed by atoms with Gasteiger partial charge in [-0.3, -0.25) is 19.2 Å². The summed E-state index contributed by atoms with van der Waals surface area (Å²) in [7, 11) is 2.91. The van der Waals surface area contributed by atoms with Crippen molar-refractivity contribution in [3.8, 4) is 39.9 Å². The summed E-state index contributed by atoms with van der Waals surface area (Å²) in [5.74, 6) is -2.03. The summed E-state index contributed by atoms with van der Waals surface area (Å²) in [6.45, 7) is 3.85. The minimum atomic E-state index is -1.60. The molecule has 51 heavy (non-hydrogen) atoms. The fourth-order valence-electron chi connectivity index (χ4n) is 6.29. The normalized spacial score (nSPS) is 21.6. The van der Waals surface area contributed by atoms with Crippen molar-refractivity contribution >= 4 is 40.6 Å². The van der Waals surface area contributed by atoms with Crippen LogP contribution in [0.25, 0.3) is 21.9 Å². The van der Waals surface area contributed by atoms with E-state index in [1.165, 1.54) is 21.1 Å². The Hall–Kier alpha value is -5.77. The van der Waals surface area contributed by atoms with Gasteiger partial charge < -0.3 is 52.1 Å². The number of carbonyl (C=O) groups excluding carboxylic acids is 5. The van der Waals surface area contributed by atoms with Crippen molar-refractivity contribution in [1.29, 1.82) is 0 Å². The molecule has 1 fully saturated rings. The molecule has 3 aromatic carbocycles. The van der Waals surface area contributed by atoms with Crippen LogP contribution in [0.5, 0.6) is 28.7 Å². The Morgan fingerprint density at radius 1 is 0.725 bits per heavy atom. The maximum atomic E-state index is 13.5. The van der Waals surface area contributed by atoms with Gasteiger partial charge in [-0.2, -0.15) is 0 Å². The van der Waals surface area contributed by atoms with Crippen LogP contribution in [0.2, 0.25) is 0 Å². The zero-order valence-corrected chi connectivity index (χ0v) is 28.4. The van der Waals surface area contributed by atoms with Gasteiger partial charge in [0.1, 0.15) is 25.1 Å². The van der Waals surface area contributed by atoms with Crippen LogP contribution in [0, 0.1) is 0 Å². The summed E-state index contributed by atoms with van der Waals surface area (Å²) in [5, 5.41) is 0.856. The smallest absolute Gasteiger partial charge is 0.339 e. The minimum Gasteiger partial charge on any atom is -0.493 e. The second-order valence-electron chi connectivity index (χ2n) is 11.6. The van der Waals surface area contributed by atoms with E-state index in [4.69, 9.17) is 52.1 Å². The largest absolute Gasteiger partial charge is 0.493 e. The quantitative estimate of drug-likeness (QED) is 0.220. The summed E-state index contributed by atoms with van der Waals surface area (Å²) in [5.41, 5.74) is 1.52. The Bertz CT molecular complexity index is 1920. The Balaban J connectivity index is 1.57. The highest BCUT2D eigenvalue weighted by molar-refractivity contribution is 6.14. The second kappa shape index (κ2) is 14.2. The van der Waals surface area contributed by atoms with E-state index in [0.29, 0.717) is 50.5 Å². The first-order valence-corrected chi connectivity index (χ1v) is 15.7. The van der Waals surface area contributed by atoms with E-state index in [1.807, 2.05) is 0 Å². The highest BCUT2D eigenvalue weighted by Crippen LogP contribution is 2.50. The number of fused-ring (bicyclic) bond motifs is 3. The summed E-state index contributed by atoms with van der Waals surface area (Å²) in [6.07, 6.45) is -7.31. The molecule has 3 aliphatic rings. The van der Waals surface area contributed by atoms with Gasteiger partial charge in [-0.25, -0.2) is 4.79 Å². The van der Waals surface area contributed by atoms with Gasteiger partial charge in [0.15, 0.2) is 35.2 Å². The molecule has 6 rings (SSSR count). The second-order valence-corrected chi connectivity index (χ2v) is 11.6. The van der Waals surface area contributed by atoms with Gasteiger partial charge in [-0.1, -0.05) is 6.07 Å². The van der Waals surface area contributed by atoms with Crippen LogP contribution >= 0.6 is 0 Å². The molecule has 0 spiro atoms. The topological polar surface area (TPSA) is 187 Å². The molecule has 0 aliphatic carbocycles. The third-order valence-corrected chi connectivity index (χ3v) is 8.26. The Morgan fingerprint density at radius 2 is 1.35 bits per heavy atom. The first-order chi connectivity index (χ1) is 24.4. The molecule has 16 nitrogen and oxygen atoms in total. The van der Waals surface area contributed by atoms with Crippen LogP contribution in [0.1, 0.15) is 43.6 Å². The van der Waals surface area contributed by atoms with Gasteiger partial charge in [0, 0.05) is 44.2 Å². The molecular weight excluding hydrogens is 676 g/mol. The molecular formula is C35H34O16. The summed E-state index contributed by atoms with van der Waals surface area (Å²) in [6, 6.07) is 8.53. The van der Waals surface area contributed by atoms with Gasteiger partial charge in [0.25, 0.3) is 0 Å². The molecule has 0 bridgehead atoms. The molecule has 3 aromatic rings. The van der Waals surface area contributed by atoms with E-state index in [9.17, 15) is 24.0 Å². The third kappa shape index (κ3) is 6.86. The van der Waals surface area contributed by atoms with E-state index < -0.39 is 67.2 Å². The molecule has 0 saturated carbocycles. The predicted molar refractivity (Wildman–Crippen MR) is 170 cm³/mol. The van der Waals surface area contributed by atoms with E-state index >= 15 is 0 Å². The minimum absolute atomic E-state index is 0.0352. The molecule has 0 amide bonds. The standard InChI is InChI=1S/C35H34O16/c1-15(36)43-13-27-31(47-16(2)37)32(48-17(3)38)33(49-18(4)39)35(50-27)51-30-21-11-25(42-6)24(41-5)10-20(21)28(29-22(30)12-44-34(29)40)19-7-8-23-26(9-19)46-14-45-23/h7-11,27,31-33,35H,12-14H2,1-6H3/t27-,31-,32+,33-,35?/m1/s1. The van der Waals surface area contributed by atoms with Crippen molar-refractivity contribution in [3.05, 3.63) is 41.5 Å². The molecule has 3 heterocycles. The van der Waals surface area contributed by atoms with Crippen LogP contribution in [-0.4, -0.2) is 88.2 Å². The number of esters is 5. The van der Waals surface area contributed by atoms with Gasteiger partial charge in [-0.05, 0) is 35.2 Å². The van der Waals surface area contributed by atoms with Gasteiger partial charge in [0.05, 0.1) is 19.8 Å². The summed E-state index contributed by atoms with van der Waals surface area (Å²) < 4.78 is 62.6. The maximum Gasteiger partial charge on any atom is 0.339 e. The lowest BCUT2D eigenvalue weighted by molar-refractivity contribution is -0.288. The van der Waals surface area contributed by atoms with Crippen molar-refractivity contribution < 1.29 is 76.1 Å². The van der Waals surface area contributed by atoms with Crippen LogP contribution in [0.15, 0.2) is 30.3 Å². The summed E-state index contributed by atoms with van der Waals surface area (Å²) >= 11 is 0. The molecule has 0 aromatic heterocycles. The first-order valence-electron chi connectivity index (χ1n) is 15.7. The zero-order valence-electron chi connectivity index (χ0n) is 28.4. The first kappa shape index (κ1) is 35.1. The molecule has 270 valence electrons. The van der Waals surface area contributed by atoms with E-state index in [0.717, 1.165) is 20.8 Å². The van der Waals surface area contributed by atoms with Crippen molar-refractivity contribution in [2.75, 3.05) is 27.6 Å². The van der Waals surface area contributed by atoms with Gasteiger partial charge in [0.2, 0.25) is 19.2 Å². The fourth-order valence-corrected chi connectivity index (χ4v) is 6.29. The molecule has 0 radical (unpaired) electrons. The van der Waals surface area contributed by atoms with Crippen LogP contribution in [0.3, 0.4) is 0 Å². The Labute approximate surface area is 290 Å². The maximum absolute atomic E-state index is 13.5. The van der Waals surface area contributed by atoms with E-state index in [1.54, 1.807) is 30.3 Å². The number of hydrogen-bond acceptors (Lipinski definition) is 16. The number of methoxy groups -OCH3 is 2. The van der Waals surface area contributed by atoms with Crippen molar-refractivity contribution in [1.82, 2.24) is 0 Å². The highest BCUT2D eigenvalue weighted by Gasteiger charge is 2.54. The average molecular weight is 711 g/mol. The number of hydrogen-bond donors (Lipinski definition) is 0. The molecule has 1 saturated heterocycles. The summed E-state index contributed by atoms with van der Waals surface area (Å²) in [4.78, 5) is 62.5. The number of benzene rings is 3. The van der Waals surface area contributed by atoms with Gasteiger partial charge in [-0.15, -0.1) is 0 Å². The zero-order chi connectivity index (χ0) is 36.6. The number of rotatable bonds is 10. The molecule has 0 N–H and O–H groups in total. The van der Waals surface area contributed by atoms with Crippen molar-refractivity contribution in [3.63, 3.8) is 0 Å². The Kier molecular flexibility index (Phi) is 9.78. The SMILES string of the molecule is COc1cc2c(OC3O[C@H](COC(C)=O)[C@@H](OC(C)=O)[C@H](OC(C)=O)[C@H]3OC(C)=O)c3c(c(-c4ccc5c(c4)OCO5)c2cc1OC)C(=O)OC3. The average Bonchev–Trinajstić information content (AvgIpc) is 3.71. The van der Waals surface area contributed by atoms with Crippen LogP contribution < -0.4 is 23.7 Å². The van der Waals surface area contributed by atoms with Crippen molar-refractivity contribution in [2.45, 2.75) is 65.0 Å². The number of carbonyl (C=O) groups is 5. The third-order valence-electron chi connectivity index (χ3n) is 8.26. The van der Waals surface area contributed by atoms with E-state index in [2.05, 4.69) is 0 Å². The lowest BCUT2D eigenvalue weighted by atomic mass is 9.89. The lowest BCUT2D eigenvalue weighted by Gasteiger charge is -2.44. The monoisotopic (exact) mass is 710 g/mol. The van der Waals surface area contributed by atoms with E-state index in [-0.39, 0.29) is 24.7 Å². The molecule has 16 heteroatoms. The van der Waals surface area contributed by atoms with Crippen LogP contribution in [0.4, 0.5) is 0 Å². The van der Waals surface area contributed by atoms with Crippen LogP contribution in [-0.2, 0) is 54.2 Å². The molecule has 5 atom stereocenters. The Morgan fingerprint density at radius 3 is 2.00 bits per heavy atom. The number of cyclic esters (lactones) is 1. The number of ether oxygens (including phenoxy) is 11. The predicted octanol–water partition coefficient (Wildman–Crippen LogP) is 3.39. The highest BCUT2D eigenvalue weighted by atomic mass is 16.7. The fraction of sp³-hybridized carbons (Fsp3) is 0.400.